The molecule has 4 heteroatoms. The molecule has 1 aromatic carbocycles. The predicted molar refractivity (Wildman–Crippen MR) is 74.4 cm³/mol. The molecule has 2 N–H and O–H groups in total. The summed E-state index contributed by atoms with van der Waals surface area (Å²) in [5.74, 6) is 1.57. The third-order valence-corrected chi connectivity index (χ3v) is 2.99. The minimum absolute atomic E-state index is 0.190. The minimum atomic E-state index is -0.190. The molecule has 0 fully saturated rings. The molecule has 0 spiro atoms. The lowest BCUT2D eigenvalue weighted by Gasteiger charge is -2.14. The highest BCUT2D eigenvalue weighted by Crippen LogP contribution is 2.24. The molecular weight excluding hydrogens is 240 g/mol. The summed E-state index contributed by atoms with van der Waals surface area (Å²) in [7, 11) is 3.28. The van der Waals surface area contributed by atoms with Crippen molar-refractivity contribution in [3.05, 3.63) is 53.9 Å². The monoisotopic (exact) mass is 258 g/mol. The van der Waals surface area contributed by atoms with Gasteiger partial charge in [-0.25, -0.2) is 0 Å². The quantitative estimate of drug-likeness (QED) is 0.894. The van der Waals surface area contributed by atoms with Gasteiger partial charge < -0.3 is 15.2 Å². The van der Waals surface area contributed by atoms with E-state index in [-0.39, 0.29) is 6.04 Å². The number of rotatable bonds is 5. The summed E-state index contributed by atoms with van der Waals surface area (Å²) in [6, 6.07) is 11.4. The predicted octanol–water partition coefficient (Wildman–Crippen LogP) is 2.34. The lowest BCUT2D eigenvalue weighted by Crippen LogP contribution is -2.16. The molecular formula is C15H18N2O2. The smallest absolute Gasteiger partial charge is 0.141 e. The Morgan fingerprint density at radius 3 is 2.47 bits per heavy atom. The SMILES string of the molecule is COc1ccc(CC(N)c2ncccc2OC)cc1. The topological polar surface area (TPSA) is 57.4 Å². The first kappa shape index (κ1) is 13.4. The highest BCUT2D eigenvalue weighted by molar-refractivity contribution is 5.32. The van der Waals surface area contributed by atoms with Crippen molar-refractivity contribution in [1.29, 1.82) is 0 Å². The van der Waals surface area contributed by atoms with Crippen molar-refractivity contribution < 1.29 is 9.47 Å². The fourth-order valence-corrected chi connectivity index (χ4v) is 1.97. The van der Waals surface area contributed by atoms with E-state index in [9.17, 15) is 0 Å². The van der Waals surface area contributed by atoms with Gasteiger partial charge in [-0.05, 0) is 36.2 Å². The molecule has 1 aromatic heterocycles. The molecule has 0 aliphatic carbocycles. The first-order valence-electron chi connectivity index (χ1n) is 6.12. The molecule has 4 nitrogen and oxygen atoms in total. The highest BCUT2D eigenvalue weighted by atomic mass is 16.5. The molecule has 0 aliphatic rings. The van der Waals surface area contributed by atoms with Gasteiger partial charge in [-0.2, -0.15) is 0 Å². The minimum Gasteiger partial charge on any atom is -0.497 e. The van der Waals surface area contributed by atoms with Gasteiger partial charge in [0.05, 0.1) is 26.0 Å². The summed E-state index contributed by atoms with van der Waals surface area (Å²) in [6.45, 7) is 0. The molecule has 1 heterocycles. The summed E-state index contributed by atoms with van der Waals surface area (Å²) in [5, 5.41) is 0. The number of aromatic nitrogens is 1. The Bertz CT molecular complexity index is 526. The van der Waals surface area contributed by atoms with E-state index in [4.69, 9.17) is 15.2 Å². The van der Waals surface area contributed by atoms with Gasteiger partial charge >= 0.3 is 0 Å². The van der Waals surface area contributed by atoms with Crippen molar-refractivity contribution in [2.75, 3.05) is 14.2 Å². The Kier molecular flexibility index (Phi) is 4.36. The van der Waals surface area contributed by atoms with Crippen LogP contribution in [0.5, 0.6) is 11.5 Å². The molecule has 0 amide bonds. The number of benzene rings is 1. The van der Waals surface area contributed by atoms with Crippen LogP contribution in [-0.4, -0.2) is 19.2 Å². The van der Waals surface area contributed by atoms with E-state index in [1.54, 1.807) is 20.4 Å². The zero-order valence-electron chi connectivity index (χ0n) is 11.2. The van der Waals surface area contributed by atoms with Gasteiger partial charge in [0.25, 0.3) is 0 Å². The number of ether oxygens (including phenoxy) is 2. The zero-order chi connectivity index (χ0) is 13.7. The molecule has 0 aliphatic heterocycles. The third kappa shape index (κ3) is 3.23. The lowest BCUT2D eigenvalue weighted by atomic mass is 10.0. The molecule has 0 bridgehead atoms. The van der Waals surface area contributed by atoms with Gasteiger partial charge in [-0.1, -0.05) is 12.1 Å². The average Bonchev–Trinajstić information content (AvgIpc) is 2.48. The van der Waals surface area contributed by atoms with Gasteiger partial charge in [0.15, 0.2) is 0 Å². The lowest BCUT2D eigenvalue weighted by molar-refractivity contribution is 0.401. The van der Waals surface area contributed by atoms with E-state index < -0.39 is 0 Å². The van der Waals surface area contributed by atoms with Crippen molar-refractivity contribution in [3.8, 4) is 11.5 Å². The van der Waals surface area contributed by atoms with E-state index in [1.807, 2.05) is 36.4 Å². The van der Waals surface area contributed by atoms with E-state index in [1.165, 1.54) is 0 Å². The molecule has 1 atom stereocenters. The largest absolute Gasteiger partial charge is 0.497 e. The standard InChI is InChI=1S/C15H18N2O2/c1-18-12-7-5-11(6-8-12)10-13(16)15-14(19-2)4-3-9-17-15/h3-9,13H,10,16H2,1-2H3. The van der Waals surface area contributed by atoms with Crippen LogP contribution in [0.3, 0.4) is 0 Å². The molecule has 19 heavy (non-hydrogen) atoms. The van der Waals surface area contributed by atoms with Crippen LogP contribution in [-0.2, 0) is 6.42 Å². The van der Waals surface area contributed by atoms with Crippen LogP contribution in [0.4, 0.5) is 0 Å². The Labute approximate surface area is 113 Å². The maximum Gasteiger partial charge on any atom is 0.141 e. The van der Waals surface area contributed by atoms with Crippen molar-refractivity contribution >= 4 is 0 Å². The molecule has 1 unspecified atom stereocenters. The van der Waals surface area contributed by atoms with E-state index in [0.29, 0.717) is 6.42 Å². The number of nitrogens with zero attached hydrogens (tertiary/aromatic N) is 1. The second-order valence-electron chi connectivity index (χ2n) is 4.25. The van der Waals surface area contributed by atoms with E-state index in [0.717, 1.165) is 22.8 Å². The maximum absolute atomic E-state index is 6.20. The van der Waals surface area contributed by atoms with Gasteiger partial charge in [-0.15, -0.1) is 0 Å². The fraction of sp³-hybridized carbons (Fsp3) is 0.267. The molecule has 100 valence electrons. The number of nitrogens with two attached hydrogens (primary N) is 1. The number of methoxy groups -OCH3 is 2. The van der Waals surface area contributed by atoms with Gasteiger partial charge in [0.2, 0.25) is 0 Å². The van der Waals surface area contributed by atoms with Gasteiger partial charge in [0.1, 0.15) is 11.5 Å². The molecule has 0 radical (unpaired) electrons. The summed E-state index contributed by atoms with van der Waals surface area (Å²) >= 11 is 0. The normalized spacial score (nSPS) is 11.9. The summed E-state index contributed by atoms with van der Waals surface area (Å²) in [6.07, 6.45) is 2.43. The van der Waals surface area contributed by atoms with Crippen molar-refractivity contribution in [3.63, 3.8) is 0 Å². The molecule has 0 saturated heterocycles. The number of hydrogen-bond acceptors (Lipinski definition) is 4. The summed E-state index contributed by atoms with van der Waals surface area (Å²) < 4.78 is 10.4. The second-order valence-corrected chi connectivity index (χ2v) is 4.25. The fourth-order valence-electron chi connectivity index (χ4n) is 1.97. The second kappa shape index (κ2) is 6.20. The Balaban J connectivity index is 2.13. The van der Waals surface area contributed by atoms with Crippen LogP contribution in [0.25, 0.3) is 0 Å². The van der Waals surface area contributed by atoms with Crippen LogP contribution in [0, 0.1) is 0 Å². The highest BCUT2D eigenvalue weighted by Gasteiger charge is 2.13. The van der Waals surface area contributed by atoms with E-state index >= 15 is 0 Å². The van der Waals surface area contributed by atoms with Crippen molar-refractivity contribution in [2.45, 2.75) is 12.5 Å². The molecule has 0 saturated carbocycles. The van der Waals surface area contributed by atoms with Crippen LogP contribution in [0.2, 0.25) is 0 Å². The van der Waals surface area contributed by atoms with Crippen LogP contribution >= 0.6 is 0 Å². The average molecular weight is 258 g/mol. The van der Waals surface area contributed by atoms with Crippen molar-refractivity contribution in [2.24, 2.45) is 5.73 Å². The Hall–Kier alpha value is -2.07. The van der Waals surface area contributed by atoms with E-state index in [2.05, 4.69) is 4.98 Å². The number of hydrogen-bond donors (Lipinski definition) is 1. The van der Waals surface area contributed by atoms with Crippen LogP contribution < -0.4 is 15.2 Å². The van der Waals surface area contributed by atoms with Crippen LogP contribution in [0.1, 0.15) is 17.3 Å². The maximum atomic E-state index is 6.20. The Morgan fingerprint density at radius 2 is 1.84 bits per heavy atom. The third-order valence-electron chi connectivity index (χ3n) is 2.99. The zero-order valence-corrected chi connectivity index (χ0v) is 11.2. The molecule has 2 rings (SSSR count). The first-order valence-corrected chi connectivity index (χ1v) is 6.12. The van der Waals surface area contributed by atoms with Gasteiger partial charge in [0, 0.05) is 6.20 Å². The summed E-state index contributed by atoms with van der Waals surface area (Å²) in [5.41, 5.74) is 8.12. The van der Waals surface area contributed by atoms with Crippen molar-refractivity contribution in [1.82, 2.24) is 4.98 Å². The number of pyridine rings is 1. The first-order chi connectivity index (χ1) is 9.24. The van der Waals surface area contributed by atoms with Gasteiger partial charge in [-0.3, -0.25) is 4.98 Å². The molecule has 2 aromatic rings. The summed E-state index contributed by atoms with van der Waals surface area (Å²) in [4.78, 5) is 4.30. The van der Waals surface area contributed by atoms with Crippen LogP contribution in [0.15, 0.2) is 42.6 Å². The Morgan fingerprint density at radius 1 is 1.11 bits per heavy atom.